The Morgan fingerprint density at radius 3 is 2.52 bits per heavy atom. The Morgan fingerprint density at radius 2 is 2.00 bits per heavy atom. The van der Waals surface area contributed by atoms with Crippen LogP contribution in [0.3, 0.4) is 0 Å². The molecule has 7 heteroatoms. The summed E-state index contributed by atoms with van der Waals surface area (Å²) >= 11 is 11.8. The van der Waals surface area contributed by atoms with E-state index in [0.717, 1.165) is 19.3 Å². The molecule has 1 aromatic carbocycles. The van der Waals surface area contributed by atoms with Crippen molar-refractivity contribution in [2.24, 2.45) is 11.8 Å². The van der Waals surface area contributed by atoms with Crippen molar-refractivity contribution < 1.29 is 8.42 Å². The molecule has 118 valence electrons. The number of halogens is 2. The van der Waals surface area contributed by atoms with Gasteiger partial charge < -0.3 is 5.73 Å². The second-order valence-corrected chi connectivity index (χ2v) is 8.13. The molecule has 0 bridgehead atoms. The van der Waals surface area contributed by atoms with Gasteiger partial charge in [0.05, 0.1) is 10.7 Å². The van der Waals surface area contributed by atoms with E-state index >= 15 is 0 Å². The van der Waals surface area contributed by atoms with Crippen LogP contribution in [0.2, 0.25) is 10.0 Å². The van der Waals surface area contributed by atoms with Crippen molar-refractivity contribution in [1.82, 2.24) is 4.72 Å². The third-order valence-corrected chi connectivity index (χ3v) is 6.60. The molecule has 0 aromatic heterocycles. The summed E-state index contributed by atoms with van der Waals surface area (Å²) in [7, 11) is -3.75. The van der Waals surface area contributed by atoms with Gasteiger partial charge in [-0.2, -0.15) is 0 Å². The van der Waals surface area contributed by atoms with Crippen LogP contribution in [-0.2, 0) is 10.0 Å². The van der Waals surface area contributed by atoms with E-state index < -0.39 is 10.0 Å². The van der Waals surface area contributed by atoms with Crippen LogP contribution in [0.5, 0.6) is 0 Å². The Bertz CT molecular complexity index is 611. The van der Waals surface area contributed by atoms with Gasteiger partial charge in [-0.05, 0) is 36.8 Å². The monoisotopic (exact) mass is 350 g/mol. The molecule has 1 aliphatic rings. The zero-order valence-electron chi connectivity index (χ0n) is 12.1. The molecule has 0 spiro atoms. The number of anilines is 1. The van der Waals surface area contributed by atoms with Crippen molar-refractivity contribution in [3.05, 3.63) is 22.2 Å². The van der Waals surface area contributed by atoms with Crippen molar-refractivity contribution >= 4 is 38.9 Å². The summed E-state index contributed by atoms with van der Waals surface area (Å²) in [5, 5.41) is 0.363. The van der Waals surface area contributed by atoms with Crippen LogP contribution in [0, 0.1) is 11.8 Å². The molecule has 1 aromatic rings. The zero-order valence-corrected chi connectivity index (χ0v) is 14.4. The number of nitrogen functional groups attached to an aromatic ring is 1. The summed E-state index contributed by atoms with van der Waals surface area (Å²) in [6, 6.07) is 2.71. The minimum atomic E-state index is -3.75. The minimum Gasteiger partial charge on any atom is -0.398 e. The van der Waals surface area contributed by atoms with Gasteiger partial charge in [-0.3, -0.25) is 0 Å². The van der Waals surface area contributed by atoms with Crippen LogP contribution >= 0.6 is 23.2 Å². The SMILES string of the molecule is CCC1CCC(NS(=O)(=O)c2c(N)cc(Cl)cc2Cl)C1C. The minimum absolute atomic E-state index is 0.0465. The fourth-order valence-corrected chi connectivity index (χ4v) is 5.46. The van der Waals surface area contributed by atoms with Gasteiger partial charge in [-0.1, -0.05) is 43.5 Å². The molecule has 1 fully saturated rings. The lowest BCUT2D eigenvalue weighted by Gasteiger charge is -2.21. The molecule has 0 radical (unpaired) electrons. The highest BCUT2D eigenvalue weighted by Gasteiger charge is 2.35. The van der Waals surface area contributed by atoms with Crippen molar-refractivity contribution in [3.8, 4) is 0 Å². The first-order valence-electron chi connectivity index (χ1n) is 7.03. The molecule has 0 amide bonds. The number of nitrogens with one attached hydrogen (secondary N) is 1. The second kappa shape index (κ2) is 6.32. The van der Waals surface area contributed by atoms with Gasteiger partial charge in [0.2, 0.25) is 10.0 Å². The van der Waals surface area contributed by atoms with Crippen LogP contribution in [0.1, 0.15) is 33.1 Å². The lowest BCUT2D eigenvalue weighted by molar-refractivity contribution is 0.368. The van der Waals surface area contributed by atoms with Crippen LogP contribution in [-0.4, -0.2) is 14.5 Å². The summed E-state index contributed by atoms with van der Waals surface area (Å²) in [6.45, 7) is 4.22. The lowest BCUT2D eigenvalue weighted by atomic mass is 9.94. The first-order chi connectivity index (χ1) is 9.76. The Kier molecular flexibility index (Phi) is 5.08. The number of nitrogens with two attached hydrogens (primary N) is 1. The fourth-order valence-electron chi connectivity index (χ4n) is 3.11. The van der Waals surface area contributed by atoms with Crippen LogP contribution in [0.15, 0.2) is 17.0 Å². The third-order valence-electron chi connectivity index (χ3n) is 4.36. The molecule has 1 saturated carbocycles. The highest BCUT2D eigenvalue weighted by molar-refractivity contribution is 7.89. The van der Waals surface area contributed by atoms with Crippen LogP contribution in [0.25, 0.3) is 0 Å². The zero-order chi connectivity index (χ0) is 15.8. The molecule has 0 heterocycles. The average molecular weight is 351 g/mol. The smallest absolute Gasteiger partial charge is 0.244 e. The van der Waals surface area contributed by atoms with E-state index in [2.05, 4.69) is 18.6 Å². The van der Waals surface area contributed by atoms with E-state index in [1.807, 2.05) is 0 Å². The number of benzene rings is 1. The van der Waals surface area contributed by atoms with Gasteiger partial charge in [-0.25, -0.2) is 13.1 Å². The quantitative estimate of drug-likeness (QED) is 0.813. The predicted molar refractivity (Wildman–Crippen MR) is 87.2 cm³/mol. The molecular weight excluding hydrogens is 331 g/mol. The standard InChI is InChI=1S/C14H20Cl2N2O2S/c1-3-9-4-5-13(8(9)2)18-21(19,20)14-11(16)6-10(15)7-12(14)17/h6-9,13,18H,3-5,17H2,1-2H3. The average Bonchev–Trinajstić information content (AvgIpc) is 2.68. The summed E-state index contributed by atoms with van der Waals surface area (Å²) in [6.07, 6.45) is 2.93. The number of hydrogen-bond donors (Lipinski definition) is 2. The second-order valence-electron chi connectivity index (χ2n) is 5.64. The topological polar surface area (TPSA) is 72.2 Å². The number of rotatable bonds is 4. The summed E-state index contributed by atoms with van der Waals surface area (Å²) in [5.41, 5.74) is 5.85. The Morgan fingerprint density at radius 1 is 1.33 bits per heavy atom. The first-order valence-corrected chi connectivity index (χ1v) is 9.27. The van der Waals surface area contributed by atoms with Crippen LogP contribution in [0.4, 0.5) is 5.69 Å². The molecule has 3 N–H and O–H groups in total. The first kappa shape index (κ1) is 16.9. The highest BCUT2D eigenvalue weighted by atomic mass is 35.5. The molecular formula is C14H20Cl2N2O2S. The largest absolute Gasteiger partial charge is 0.398 e. The fraction of sp³-hybridized carbons (Fsp3) is 0.571. The van der Waals surface area contributed by atoms with Crippen molar-refractivity contribution in [3.63, 3.8) is 0 Å². The van der Waals surface area contributed by atoms with Crippen molar-refractivity contribution in [1.29, 1.82) is 0 Å². The van der Waals surface area contributed by atoms with Gasteiger partial charge in [0.15, 0.2) is 0 Å². The predicted octanol–water partition coefficient (Wildman–Crippen LogP) is 3.68. The molecule has 4 nitrogen and oxygen atoms in total. The molecule has 0 aliphatic heterocycles. The normalized spacial score (nSPS) is 26.2. The van der Waals surface area contributed by atoms with E-state index in [1.165, 1.54) is 12.1 Å². The molecule has 21 heavy (non-hydrogen) atoms. The summed E-state index contributed by atoms with van der Waals surface area (Å²) in [5.74, 6) is 0.854. The van der Waals surface area contributed by atoms with E-state index in [0.29, 0.717) is 16.9 Å². The maximum absolute atomic E-state index is 12.6. The molecule has 3 atom stereocenters. The third kappa shape index (κ3) is 3.47. The van der Waals surface area contributed by atoms with E-state index in [9.17, 15) is 8.42 Å². The van der Waals surface area contributed by atoms with E-state index in [1.54, 1.807) is 0 Å². The Hall–Kier alpha value is -0.490. The summed E-state index contributed by atoms with van der Waals surface area (Å²) < 4.78 is 27.9. The van der Waals surface area contributed by atoms with Crippen LogP contribution < -0.4 is 10.5 Å². The van der Waals surface area contributed by atoms with Gasteiger partial charge >= 0.3 is 0 Å². The van der Waals surface area contributed by atoms with Gasteiger partial charge in [-0.15, -0.1) is 0 Å². The lowest BCUT2D eigenvalue weighted by Crippen LogP contribution is -2.37. The maximum atomic E-state index is 12.6. The molecule has 1 aliphatic carbocycles. The van der Waals surface area contributed by atoms with E-state index in [-0.39, 0.29) is 21.6 Å². The Labute approximate surface area is 136 Å². The number of hydrogen-bond acceptors (Lipinski definition) is 3. The van der Waals surface area contributed by atoms with Gasteiger partial charge in [0, 0.05) is 11.1 Å². The Balaban J connectivity index is 2.28. The summed E-state index contributed by atoms with van der Waals surface area (Å²) in [4.78, 5) is -0.0827. The van der Waals surface area contributed by atoms with Gasteiger partial charge in [0.1, 0.15) is 4.90 Å². The highest BCUT2D eigenvalue weighted by Crippen LogP contribution is 2.36. The van der Waals surface area contributed by atoms with Gasteiger partial charge in [0.25, 0.3) is 0 Å². The maximum Gasteiger partial charge on any atom is 0.244 e. The number of sulfonamides is 1. The molecule has 2 rings (SSSR count). The molecule has 3 unspecified atom stereocenters. The van der Waals surface area contributed by atoms with E-state index in [4.69, 9.17) is 28.9 Å². The molecule has 0 saturated heterocycles. The van der Waals surface area contributed by atoms with Crippen molar-refractivity contribution in [2.45, 2.75) is 44.0 Å². The van der Waals surface area contributed by atoms with Crippen molar-refractivity contribution in [2.75, 3.05) is 5.73 Å².